The van der Waals surface area contributed by atoms with Gasteiger partial charge in [-0.1, -0.05) is 50.2 Å². The average molecular weight is 664 g/mol. The molecule has 2 saturated heterocycles. The molecule has 7 rings (SSSR count). The molecule has 1 aromatic heterocycles. The first-order valence-corrected chi connectivity index (χ1v) is 17.4. The molecule has 4 heterocycles. The van der Waals surface area contributed by atoms with E-state index in [0.717, 1.165) is 55.9 Å². The molecule has 0 radical (unpaired) electrons. The number of ether oxygens (including phenoxy) is 3. The standard InChI is InChI=1S/C38H45N7O4/c1-4-28(3)45-37(46)36(24-41-45)30-8-12-32(13-9-30)42-20-22-43(23-21-42)33-14-16-34(17-15-33)47-25-35-26-48-38(49-35,27-44-39-18-19-40-44)31-10-6-29(5-2)7-11-31/h6-19,24,28,35-36H,4-5,20-23,25-27H2,1-3H3. The number of amides is 1. The van der Waals surface area contributed by atoms with E-state index in [1.165, 1.54) is 16.9 Å². The number of rotatable bonds is 12. The predicted octanol–water partition coefficient (Wildman–Crippen LogP) is 5.22. The number of nitrogens with zero attached hydrogens (tertiary/aromatic N) is 7. The van der Waals surface area contributed by atoms with Gasteiger partial charge < -0.3 is 24.0 Å². The minimum atomic E-state index is -0.980. The van der Waals surface area contributed by atoms with Gasteiger partial charge in [-0.2, -0.15) is 20.1 Å². The highest BCUT2D eigenvalue weighted by Gasteiger charge is 2.44. The van der Waals surface area contributed by atoms with Crippen LogP contribution in [0.25, 0.3) is 0 Å². The molecule has 4 aromatic rings. The van der Waals surface area contributed by atoms with Crippen molar-refractivity contribution in [2.24, 2.45) is 5.10 Å². The van der Waals surface area contributed by atoms with Crippen LogP contribution in [-0.2, 0) is 33.0 Å². The molecule has 0 saturated carbocycles. The summed E-state index contributed by atoms with van der Waals surface area (Å²) in [5.41, 5.74) is 5.54. The first kappa shape index (κ1) is 32.8. The highest BCUT2D eigenvalue weighted by Crippen LogP contribution is 2.36. The van der Waals surface area contributed by atoms with Crippen LogP contribution in [-0.4, -0.2) is 83.7 Å². The Morgan fingerprint density at radius 1 is 0.878 bits per heavy atom. The molecule has 4 atom stereocenters. The predicted molar refractivity (Wildman–Crippen MR) is 189 cm³/mol. The molecule has 0 spiro atoms. The number of benzene rings is 3. The van der Waals surface area contributed by atoms with Gasteiger partial charge in [0, 0.05) is 49.3 Å². The molecule has 2 fully saturated rings. The second-order valence-electron chi connectivity index (χ2n) is 13.0. The summed E-state index contributed by atoms with van der Waals surface area (Å²) in [5, 5.41) is 14.6. The molecule has 0 aliphatic carbocycles. The van der Waals surface area contributed by atoms with Gasteiger partial charge in [0.15, 0.2) is 0 Å². The molecule has 3 aliphatic heterocycles. The summed E-state index contributed by atoms with van der Waals surface area (Å²) in [4.78, 5) is 19.3. The van der Waals surface area contributed by atoms with E-state index < -0.39 is 5.79 Å². The van der Waals surface area contributed by atoms with E-state index in [1.807, 2.05) is 19.1 Å². The Kier molecular flexibility index (Phi) is 9.63. The van der Waals surface area contributed by atoms with Crippen molar-refractivity contribution in [1.29, 1.82) is 0 Å². The molecule has 4 unspecified atom stereocenters. The van der Waals surface area contributed by atoms with Crippen LogP contribution in [0.15, 0.2) is 90.3 Å². The number of carbonyl (C=O) groups is 1. The Labute approximate surface area is 288 Å². The first-order valence-electron chi connectivity index (χ1n) is 17.4. The summed E-state index contributed by atoms with van der Waals surface area (Å²) < 4.78 is 19.1. The normalized spacial score (nSPS) is 23.0. The van der Waals surface area contributed by atoms with E-state index >= 15 is 0 Å². The topological polar surface area (TPSA) is 97.5 Å². The lowest BCUT2D eigenvalue weighted by Gasteiger charge is -2.37. The molecule has 11 heteroatoms. The zero-order valence-electron chi connectivity index (χ0n) is 28.5. The zero-order chi connectivity index (χ0) is 33.8. The second kappa shape index (κ2) is 14.4. The maximum Gasteiger partial charge on any atom is 0.255 e. The van der Waals surface area contributed by atoms with Gasteiger partial charge in [0.2, 0.25) is 5.79 Å². The molecular weight excluding hydrogens is 618 g/mol. The third kappa shape index (κ3) is 7.04. The van der Waals surface area contributed by atoms with Gasteiger partial charge in [0.05, 0.1) is 25.0 Å². The van der Waals surface area contributed by atoms with Crippen LogP contribution in [0, 0.1) is 0 Å². The smallest absolute Gasteiger partial charge is 0.255 e. The summed E-state index contributed by atoms with van der Waals surface area (Å²) >= 11 is 0. The summed E-state index contributed by atoms with van der Waals surface area (Å²) in [5.74, 6) is -0.426. The van der Waals surface area contributed by atoms with Crippen LogP contribution in [0.1, 0.15) is 49.8 Å². The van der Waals surface area contributed by atoms with E-state index in [2.05, 4.69) is 99.6 Å². The number of anilines is 2. The quantitative estimate of drug-likeness (QED) is 0.204. The van der Waals surface area contributed by atoms with E-state index in [-0.39, 0.29) is 24.0 Å². The molecule has 0 N–H and O–H groups in total. The number of aromatic nitrogens is 3. The Hall–Kier alpha value is -4.74. The summed E-state index contributed by atoms with van der Waals surface area (Å²) in [6.45, 7) is 11.0. The highest BCUT2D eigenvalue weighted by molar-refractivity contribution is 6.02. The molecule has 49 heavy (non-hydrogen) atoms. The van der Waals surface area contributed by atoms with Gasteiger partial charge in [0.25, 0.3) is 5.91 Å². The molecule has 256 valence electrons. The number of hydrazone groups is 1. The Bertz CT molecular complexity index is 1700. The first-order chi connectivity index (χ1) is 23.9. The number of carbonyl (C=O) groups excluding carboxylic acids is 1. The molecule has 3 aromatic carbocycles. The Morgan fingerprint density at radius 2 is 1.51 bits per heavy atom. The van der Waals surface area contributed by atoms with Crippen LogP contribution < -0.4 is 14.5 Å². The Morgan fingerprint density at radius 3 is 2.12 bits per heavy atom. The number of piperazine rings is 1. The molecular formula is C38H45N7O4. The van der Waals surface area contributed by atoms with E-state index in [4.69, 9.17) is 14.2 Å². The van der Waals surface area contributed by atoms with Crippen molar-refractivity contribution in [3.63, 3.8) is 0 Å². The number of aryl methyl sites for hydroxylation is 1. The maximum atomic E-state index is 12.9. The van der Waals surface area contributed by atoms with Gasteiger partial charge in [0.1, 0.15) is 30.9 Å². The third-order valence-corrected chi connectivity index (χ3v) is 9.85. The molecule has 11 nitrogen and oxygen atoms in total. The molecule has 3 aliphatic rings. The largest absolute Gasteiger partial charge is 0.491 e. The van der Waals surface area contributed by atoms with Crippen molar-refractivity contribution >= 4 is 23.5 Å². The lowest BCUT2D eigenvalue weighted by atomic mass is 9.99. The monoisotopic (exact) mass is 663 g/mol. The Balaban J connectivity index is 0.904. The summed E-state index contributed by atoms with van der Waals surface area (Å²) in [6.07, 6.45) is 6.70. The highest BCUT2D eigenvalue weighted by atomic mass is 16.8. The van der Waals surface area contributed by atoms with Gasteiger partial charge in [-0.05, 0) is 67.3 Å². The lowest BCUT2D eigenvalue weighted by Crippen LogP contribution is -2.46. The van der Waals surface area contributed by atoms with Crippen molar-refractivity contribution in [2.75, 3.05) is 49.2 Å². The van der Waals surface area contributed by atoms with Gasteiger partial charge in [-0.3, -0.25) is 4.79 Å². The molecule has 0 bridgehead atoms. The van der Waals surface area contributed by atoms with Crippen molar-refractivity contribution < 1.29 is 19.0 Å². The van der Waals surface area contributed by atoms with E-state index in [0.29, 0.717) is 19.8 Å². The minimum absolute atomic E-state index is 0.0581. The minimum Gasteiger partial charge on any atom is -0.491 e. The summed E-state index contributed by atoms with van der Waals surface area (Å²) in [6, 6.07) is 25.2. The van der Waals surface area contributed by atoms with Gasteiger partial charge in [-0.15, -0.1) is 0 Å². The fourth-order valence-corrected chi connectivity index (χ4v) is 6.67. The van der Waals surface area contributed by atoms with Crippen molar-refractivity contribution in [3.8, 4) is 5.75 Å². The van der Waals surface area contributed by atoms with Crippen LogP contribution in [0.2, 0.25) is 0 Å². The maximum absolute atomic E-state index is 12.9. The summed E-state index contributed by atoms with van der Waals surface area (Å²) in [7, 11) is 0. The van der Waals surface area contributed by atoms with Crippen LogP contribution >= 0.6 is 0 Å². The number of hydrogen-bond acceptors (Lipinski definition) is 9. The van der Waals surface area contributed by atoms with Crippen molar-refractivity contribution in [1.82, 2.24) is 20.0 Å². The van der Waals surface area contributed by atoms with Crippen molar-refractivity contribution in [2.45, 2.75) is 64.0 Å². The lowest BCUT2D eigenvalue weighted by molar-refractivity contribution is -0.192. The van der Waals surface area contributed by atoms with E-state index in [9.17, 15) is 4.79 Å². The zero-order valence-corrected chi connectivity index (χ0v) is 28.5. The fourth-order valence-electron chi connectivity index (χ4n) is 6.67. The van der Waals surface area contributed by atoms with Crippen molar-refractivity contribution in [3.05, 3.63) is 102 Å². The SMILES string of the molecule is CCc1ccc(C2(Cn3nccn3)OCC(COc3ccc(N4CCN(c5ccc(C6C=NN(C(C)CC)C6=O)cc5)CC4)cc3)O2)cc1. The molecule has 1 amide bonds. The van der Waals surface area contributed by atoms with E-state index in [1.54, 1.807) is 28.4 Å². The van der Waals surface area contributed by atoms with Crippen LogP contribution in [0.5, 0.6) is 5.75 Å². The van der Waals surface area contributed by atoms with Crippen LogP contribution in [0.3, 0.4) is 0 Å². The van der Waals surface area contributed by atoms with Gasteiger partial charge in [-0.25, -0.2) is 5.01 Å². The third-order valence-electron chi connectivity index (χ3n) is 9.85. The van der Waals surface area contributed by atoms with Crippen LogP contribution in [0.4, 0.5) is 11.4 Å². The van der Waals surface area contributed by atoms with Gasteiger partial charge >= 0.3 is 0 Å². The number of hydrogen-bond donors (Lipinski definition) is 0. The fraction of sp³-hybridized carbons (Fsp3) is 0.421. The second-order valence-corrected chi connectivity index (χ2v) is 13.0. The average Bonchev–Trinajstić information content (AvgIpc) is 3.92.